The standard InChI is InChI=1S/C36H53NO3/c1-3-5-7-9-11-13-14-15-17-19-21-30-23-25-31(26-24-30)36-37-33-29-32(27-28-34(33)40-36)39-35(38)22-20-18-16-12-10-8-6-4-2/h23-29H,3-22H2,1-2H3. The van der Waals surface area contributed by atoms with Gasteiger partial charge in [-0.15, -0.1) is 0 Å². The molecule has 0 atom stereocenters. The van der Waals surface area contributed by atoms with Crippen LogP contribution in [0.5, 0.6) is 5.75 Å². The molecule has 0 aliphatic rings. The first-order valence-corrected chi connectivity index (χ1v) is 16.4. The van der Waals surface area contributed by atoms with Gasteiger partial charge in [0, 0.05) is 18.1 Å². The number of nitrogens with zero attached hydrogens (tertiary/aromatic N) is 1. The first-order chi connectivity index (χ1) is 19.7. The van der Waals surface area contributed by atoms with E-state index in [2.05, 4.69) is 43.1 Å². The highest BCUT2D eigenvalue weighted by Crippen LogP contribution is 2.28. The van der Waals surface area contributed by atoms with Gasteiger partial charge in [0.1, 0.15) is 11.3 Å². The Morgan fingerprint density at radius 2 is 1.23 bits per heavy atom. The summed E-state index contributed by atoms with van der Waals surface area (Å²) in [5.74, 6) is 0.957. The van der Waals surface area contributed by atoms with Crippen molar-refractivity contribution in [3.8, 4) is 17.2 Å². The second kappa shape index (κ2) is 19.5. The second-order valence-corrected chi connectivity index (χ2v) is 11.5. The van der Waals surface area contributed by atoms with E-state index in [1.165, 1.54) is 108 Å². The van der Waals surface area contributed by atoms with Crippen LogP contribution in [0, 0.1) is 0 Å². The maximum absolute atomic E-state index is 12.3. The van der Waals surface area contributed by atoms with Gasteiger partial charge in [0.15, 0.2) is 5.58 Å². The van der Waals surface area contributed by atoms with Crippen molar-refractivity contribution in [1.29, 1.82) is 0 Å². The SMILES string of the molecule is CCCCCCCCCCCCc1ccc(-c2nc3cc(OC(=O)CCCCCCCCCC)ccc3o2)cc1. The number of aryl methyl sites for hydroxylation is 1. The Balaban J connectivity index is 1.36. The number of ether oxygens (including phenoxy) is 1. The van der Waals surface area contributed by atoms with Crippen molar-refractivity contribution in [1.82, 2.24) is 4.98 Å². The van der Waals surface area contributed by atoms with E-state index in [1.54, 1.807) is 12.1 Å². The molecule has 0 fully saturated rings. The van der Waals surface area contributed by atoms with E-state index in [0.717, 1.165) is 24.8 Å². The van der Waals surface area contributed by atoms with Gasteiger partial charge in [0.2, 0.25) is 5.89 Å². The van der Waals surface area contributed by atoms with Gasteiger partial charge in [0.05, 0.1) is 0 Å². The Labute approximate surface area is 243 Å². The highest BCUT2D eigenvalue weighted by atomic mass is 16.5. The predicted molar refractivity (Wildman–Crippen MR) is 168 cm³/mol. The molecule has 3 aromatic rings. The average molecular weight is 548 g/mol. The maximum Gasteiger partial charge on any atom is 0.311 e. The minimum absolute atomic E-state index is 0.174. The van der Waals surface area contributed by atoms with E-state index in [-0.39, 0.29) is 5.97 Å². The summed E-state index contributed by atoms with van der Waals surface area (Å²) in [4.78, 5) is 17.0. The first kappa shape index (κ1) is 31.9. The smallest absolute Gasteiger partial charge is 0.311 e. The molecule has 4 nitrogen and oxygen atoms in total. The molecule has 3 rings (SSSR count). The zero-order valence-corrected chi connectivity index (χ0v) is 25.4. The number of aromatic nitrogens is 1. The number of benzene rings is 2. The Bertz CT molecular complexity index is 1090. The van der Waals surface area contributed by atoms with Crippen LogP contribution in [0.1, 0.15) is 141 Å². The lowest BCUT2D eigenvalue weighted by atomic mass is 10.0. The Morgan fingerprint density at radius 3 is 1.82 bits per heavy atom. The van der Waals surface area contributed by atoms with E-state index in [1.807, 2.05) is 6.07 Å². The quantitative estimate of drug-likeness (QED) is 0.0713. The van der Waals surface area contributed by atoms with Crippen LogP contribution >= 0.6 is 0 Å². The minimum Gasteiger partial charge on any atom is -0.436 e. The third kappa shape index (κ3) is 12.3. The van der Waals surface area contributed by atoms with Crippen molar-refractivity contribution in [3.63, 3.8) is 0 Å². The van der Waals surface area contributed by atoms with Crippen LogP contribution in [0.2, 0.25) is 0 Å². The zero-order valence-electron chi connectivity index (χ0n) is 25.4. The molecule has 1 heterocycles. The summed E-state index contributed by atoms with van der Waals surface area (Å²) >= 11 is 0. The Hall–Kier alpha value is -2.62. The molecule has 0 saturated carbocycles. The third-order valence-corrected chi connectivity index (χ3v) is 7.85. The lowest BCUT2D eigenvalue weighted by Gasteiger charge is -2.04. The van der Waals surface area contributed by atoms with Gasteiger partial charge in [-0.1, -0.05) is 129 Å². The van der Waals surface area contributed by atoms with Crippen LogP contribution in [0.4, 0.5) is 0 Å². The third-order valence-electron chi connectivity index (χ3n) is 7.85. The number of oxazole rings is 1. The normalized spacial score (nSPS) is 11.3. The highest BCUT2D eigenvalue weighted by molar-refractivity contribution is 5.79. The first-order valence-electron chi connectivity index (χ1n) is 16.4. The highest BCUT2D eigenvalue weighted by Gasteiger charge is 2.11. The summed E-state index contributed by atoms with van der Waals surface area (Å²) in [6.07, 6.45) is 24.9. The van der Waals surface area contributed by atoms with Crippen LogP contribution in [-0.4, -0.2) is 11.0 Å². The lowest BCUT2D eigenvalue weighted by Crippen LogP contribution is -2.07. The van der Waals surface area contributed by atoms with Crippen LogP contribution in [0.3, 0.4) is 0 Å². The van der Waals surface area contributed by atoms with Gasteiger partial charge in [-0.25, -0.2) is 4.98 Å². The van der Waals surface area contributed by atoms with E-state index in [9.17, 15) is 4.79 Å². The summed E-state index contributed by atoms with van der Waals surface area (Å²) in [6, 6.07) is 14.0. The van der Waals surface area contributed by atoms with Crippen molar-refractivity contribution in [2.45, 2.75) is 142 Å². The Morgan fingerprint density at radius 1 is 0.675 bits per heavy atom. The van der Waals surface area contributed by atoms with E-state index in [4.69, 9.17) is 9.15 Å². The predicted octanol–water partition coefficient (Wildman–Crippen LogP) is 11.4. The minimum atomic E-state index is -0.174. The molecule has 2 aromatic carbocycles. The van der Waals surface area contributed by atoms with Crippen LogP contribution < -0.4 is 4.74 Å². The number of rotatable bonds is 22. The molecular weight excluding hydrogens is 494 g/mol. The monoisotopic (exact) mass is 547 g/mol. The molecule has 0 unspecified atom stereocenters. The fraction of sp³-hybridized carbons (Fsp3) is 0.611. The maximum atomic E-state index is 12.3. The molecule has 1 aromatic heterocycles. The van der Waals surface area contributed by atoms with Gasteiger partial charge >= 0.3 is 5.97 Å². The van der Waals surface area contributed by atoms with Crippen molar-refractivity contribution >= 4 is 17.1 Å². The fourth-order valence-electron chi connectivity index (χ4n) is 5.31. The number of unbranched alkanes of at least 4 members (excludes halogenated alkanes) is 16. The number of fused-ring (bicyclic) bond motifs is 1. The number of carbonyl (C=O) groups is 1. The molecular formula is C36H53NO3. The van der Waals surface area contributed by atoms with E-state index in [0.29, 0.717) is 29.2 Å². The van der Waals surface area contributed by atoms with Crippen LogP contribution in [0.25, 0.3) is 22.6 Å². The second-order valence-electron chi connectivity index (χ2n) is 11.5. The fourth-order valence-corrected chi connectivity index (χ4v) is 5.31. The van der Waals surface area contributed by atoms with Crippen molar-refractivity contribution in [2.24, 2.45) is 0 Å². The number of esters is 1. The molecule has 0 saturated heterocycles. The number of hydrogen-bond acceptors (Lipinski definition) is 4. The molecule has 0 amide bonds. The van der Waals surface area contributed by atoms with Crippen molar-refractivity contribution in [3.05, 3.63) is 48.0 Å². The molecule has 220 valence electrons. The number of carbonyl (C=O) groups excluding carboxylic acids is 1. The Kier molecular flexibility index (Phi) is 15.5. The lowest BCUT2D eigenvalue weighted by molar-refractivity contribution is -0.134. The van der Waals surface area contributed by atoms with Gasteiger partial charge in [-0.05, 0) is 49.1 Å². The molecule has 0 radical (unpaired) electrons. The van der Waals surface area contributed by atoms with Gasteiger partial charge in [-0.2, -0.15) is 0 Å². The largest absolute Gasteiger partial charge is 0.436 e. The summed E-state index contributed by atoms with van der Waals surface area (Å²) in [5, 5.41) is 0. The molecule has 4 heteroatoms. The molecule has 0 aliphatic heterocycles. The van der Waals surface area contributed by atoms with Gasteiger partial charge < -0.3 is 9.15 Å². The molecule has 0 bridgehead atoms. The molecule has 40 heavy (non-hydrogen) atoms. The summed E-state index contributed by atoms with van der Waals surface area (Å²) < 4.78 is 11.6. The summed E-state index contributed by atoms with van der Waals surface area (Å²) in [5.41, 5.74) is 3.75. The molecule has 0 N–H and O–H groups in total. The summed E-state index contributed by atoms with van der Waals surface area (Å²) in [6.45, 7) is 4.52. The van der Waals surface area contributed by atoms with E-state index >= 15 is 0 Å². The van der Waals surface area contributed by atoms with Crippen molar-refractivity contribution < 1.29 is 13.9 Å². The number of hydrogen-bond donors (Lipinski definition) is 0. The van der Waals surface area contributed by atoms with Crippen LogP contribution in [0.15, 0.2) is 46.9 Å². The zero-order chi connectivity index (χ0) is 28.3. The summed E-state index contributed by atoms with van der Waals surface area (Å²) in [7, 11) is 0. The topological polar surface area (TPSA) is 52.3 Å². The van der Waals surface area contributed by atoms with E-state index < -0.39 is 0 Å². The van der Waals surface area contributed by atoms with Crippen molar-refractivity contribution in [2.75, 3.05) is 0 Å². The molecule has 0 aliphatic carbocycles. The molecule has 0 spiro atoms. The van der Waals surface area contributed by atoms with Gasteiger partial charge in [-0.3, -0.25) is 4.79 Å². The van der Waals surface area contributed by atoms with Gasteiger partial charge in [0.25, 0.3) is 0 Å². The average Bonchev–Trinajstić information content (AvgIpc) is 3.39. The van der Waals surface area contributed by atoms with Crippen LogP contribution in [-0.2, 0) is 11.2 Å².